The summed E-state index contributed by atoms with van der Waals surface area (Å²) in [5.41, 5.74) is 1.27. The number of carboxylic acids is 1. The Labute approximate surface area is 123 Å². The molecule has 0 saturated carbocycles. The van der Waals surface area contributed by atoms with Gasteiger partial charge in [-0.3, -0.25) is 4.79 Å². The maximum absolute atomic E-state index is 12.2. The molecule has 2 N–H and O–H groups in total. The molecule has 2 atom stereocenters. The Hall–Kier alpha value is -1.36. The molecule has 0 aliphatic heterocycles. The van der Waals surface area contributed by atoms with Crippen molar-refractivity contribution in [3.05, 3.63) is 21.4 Å². The number of amides is 1. The number of aliphatic carboxylic acids is 1. The quantitative estimate of drug-likeness (QED) is 0.878. The average Bonchev–Trinajstić information content (AvgIpc) is 2.87. The van der Waals surface area contributed by atoms with E-state index in [4.69, 9.17) is 0 Å². The highest BCUT2D eigenvalue weighted by molar-refractivity contribution is 7.14. The van der Waals surface area contributed by atoms with Crippen LogP contribution in [-0.2, 0) is 17.6 Å². The standard InChI is InChI=1S/C15H21NO3S/c1-3-9(2)13(15(18)19)16-14(17)12-8-10-6-4-5-7-11(10)20-12/h8-9,13H,3-7H2,1-2H3,(H,16,17)(H,18,19)/t9?,13-/m0/s1. The molecule has 1 aromatic heterocycles. The van der Waals surface area contributed by atoms with Gasteiger partial charge >= 0.3 is 5.97 Å². The zero-order valence-corrected chi connectivity index (χ0v) is 12.8. The molecule has 1 amide bonds. The number of aryl methyl sites for hydroxylation is 2. The van der Waals surface area contributed by atoms with Crippen molar-refractivity contribution in [2.45, 2.75) is 52.0 Å². The molecule has 1 aromatic rings. The van der Waals surface area contributed by atoms with Crippen LogP contribution < -0.4 is 5.32 Å². The normalized spacial score (nSPS) is 17.1. The molecule has 1 aliphatic rings. The summed E-state index contributed by atoms with van der Waals surface area (Å²) < 4.78 is 0. The SMILES string of the molecule is CCC(C)[C@H](NC(=O)c1cc2c(s1)CCCC2)C(=O)O. The molecule has 20 heavy (non-hydrogen) atoms. The first kappa shape index (κ1) is 15.0. The minimum Gasteiger partial charge on any atom is -0.480 e. The largest absolute Gasteiger partial charge is 0.480 e. The minimum atomic E-state index is -0.964. The topological polar surface area (TPSA) is 66.4 Å². The fourth-order valence-corrected chi connectivity index (χ4v) is 3.65. The van der Waals surface area contributed by atoms with Gasteiger partial charge in [-0.25, -0.2) is 4.79 Å². The van der Waals surface area contributed by atoms with E-state index < -0.39 is 12.0 Å². The van der Waals surface area contributed by atoms with Crippen LogP contribution in [0.2, 0.25) is 0 Å². The Balaban J connectivity index is 2.10. The van der Waals surface area contributed by atoms with Crippen LogP contribution in [0.25, 0.3) is 0 Å². The lowest BCUT2D eigenvalue weighted by atomic mass is 9.98. The van der Waals surface area contributed by atoms with Gasteiger partial charge in [0.1, 0.15) is 6.04 Å². The Kier molecular flexibility index (Phi) is 4.81. The molecule has 0 aromatic carbocycles. The molecule has 0 bridgehead atoms. The van der Waals surface area contributed by atoms with Crippen molar-refractivity contribution in [2.24, 2.45) is 5.92 Å². The summed E-state index contributed by atoms with van der Waals surface area (Å²) in [6.07, 6.45) is 5.15. The van der Waals surface area contributed by atoms with Crippen molar-refractivity contribution in [2.75, 3.05) is 0 Å². The van der Waals surface area contributed by atoms with Crippen molar-refractivity contribution in [3.63, 3.8) is 0 Å². The maximum atomic E-state index is 12.2. The molecule has 4 nitrogen and oxygen atoms in total. The molecule has 0 radical (unpaired) electrons. The lowest BCUT2D eigenvalue weighted by Gasteiger charge is -2.19. The highest BCUT2D eigenvalue weighted by Crippen LogP contribution is 2.29. The number of carboxylic acid groups (broad SMARTS) is 1. The van der Waals surface area contributed by atoms with Gasteiger partial charge in [-0.1, -0.05) is 20.3 Å². The zero-order valence-electron chi connectivity index (χ0n) is 11.9. The van der Waals surface area contributed by atoms with Crippen molar-refractivity contribution >= 4 is 23.2 Å². The summed E-state index contributed by atoms with van der Waals surface area (Å²) in [6.45, 7) is 3.77. The van der Waals surface area contributed by atoms with E-state index in [0.29, 0.717) is 4.88 Å². The predicted molar refractivity (Wildman–Crippen MR) is 79.3 cm³/mol. The Morgan fingerprint density at radius 1 is 1.40 bits per heavy atom. The van der Waals surface area contributed by atoms with E-state index in [1.54, 1.807) is 0 Å². The van der Waals surface area contributed by atoms with E-state index in [-0.39, 0.29) is 11.8 Å². The summed E-state index contributed by atoms with van der Waals surface area (Å²) >= 11 is 1.51. The second-order valence-corrected chi connectivity index (χ2v) is 6.58. The van der Waals surface area contributed by atoms with Crippen LogP contribution in [-0.4, -0.2) is 23.0 Å². The van der Waals surface area contributed by atoms with Crippen LogP contribution in [0.3, 0.4) is 0 Å². The molecule has 5 heteroatoms. The lowest BCUT2D eigenvalue weighted by Crippen LogP contribution is -2.44. The van der Waals surface area contributed by atoms with Gasteiger partial charge < -0.3 is 10.4 Å². The summed E-state index contributed by atoms with van der Waals surface area (Å²) in [5.74, 6) is -1.29. The number of nitrogens with one attached hydrogen (secondary N) is 1. The maximum Gasteiger partial charge on any atom is 0.326 e. The van der Waals surface area contributed by atoms with Crippen molar-refractivity contribution < 1.29 is 14.7 Å². The van der Waals surface area contributed by atoms with E-state index >= 15 is 0 Å². The van der Waals surface area contributed by atoms with Crippen LogP contribution >= 0.6 is 11.3 Å². The van der Waals surface area contributed by atoms with Gasteiger partial charge in [-0.15, -0.1) is 11.3 Å². The number of hydrogen-bond acceptors (Lipinski definition) is 3. The second kappa shape index (κ2) is 6.39. The number of carbonyl (C=O) groups is 2. The van der Waals surface area contributed by atoms with Gasteiger partial charge in [0.25, 0.3) is 5.91 Å². The van der Waals surface area contributed by atoms with Crippen LogP contribution in [0.5, 0.6) is 0 Å². The van der Waals surface area contributed by atoms with E-state index in [9.17, 15) is 14.7 Å². The number of fused-ring (bicyclic) bond motifs is 1. The Bertz CT molecular complexity index is 486. The number of rotatable bonds is 5. The highest BCUT2D eigenvalue weighted by atomic mass is 32.1. The molecule has 0 fully saturated rings. The predicted octanol–water partition coefficient (Wildman–Crippen LogP) is 2.86. The fraction of sp³-hybridized carbons (Fsp3) is 0.600. The lowest BCUT2D eigenvalue weighted by molar-refractivity contribution is -0.140. The summed E-state index contributed by atoms with van der Waals surface area (Å²) in [7, 11) is 0. The average molecular weight is 295 g/mol. The zero-order chi connectivity index (χ0) is 14.7. The van der Waals surface area contributed by atoms with Crippen molar-refractivity contribution in [1.82, 2.24) is 5.32 Å². The Morgan fingerprint density at radius 3 is 2.70 bits per heavy atom. The van der Waals surface area contributed by atoms with Gasteiger partial charge in [-0.2, -0.15) is 0 Å². The van der Waals surface area contributed by atoms with Crippen LogP contribution in [0.15, 0.2) is 6.07 Å². The van der Waals surface area contributed by atoms with E-state index in [0.717, 1.165) is 19.3 Å². The molecule has 2 rings (SSSR count). The third-order valence-electron chi connectivity index (χ3n) is 3.99. The molecular weight excluding hydrogens is 274 g/mol. The highest BCUT2D eigenvalue weighted by Gasteiger charge is 2.27. The molecule has 0 saturated heterocycles. The first-order chi connectivity index (χ1) is 9.52. The third kappa shape index (κ3) is 3.20. The van der Waals surface area contributed by atoms with Gasteiger partial charge in [0, 0.05) is 4.88 Å². The first-order valence-electron chi connectivity index (χ1n) is 7.18. The van der Waals surface area contributed by atoms with Gasteiger partial charge in [0.2, 0.25) is 0 Å². The number of hydrogen-bond donors (Lipinski definition) is 2. The molecule has 1 unspecified atom stereocenters. The van der Waals surface area contributed by atoms with Gasteiger partial charge in [0.05, 0.1) is 4.88 Å². The van der Waals surface area contributed by atoms with Crippen LogP contribution in [0, 0.1) is 5.92 Å². The summed E-state index contributed by atoms with van der Waals surface area (Å²) in [6, 6.07) is 1.12. The summed E-state index contributed by atoms with van der Waals surface area (Å²) in [5, 5.41) is 11.9. The minimum absolute atomic E-state index is 0.0777. The van der Waals surface area contributed by atoms with Gasteiger partial charge in [-0.05, 0) is 43.2 Å². The second-order valence-electron chi connectivity index (χ2n) is 5.44. The van der Waals surface area contributed by atoms with Crippen molar-refractivity contribution in [3.8, 4) is 0 Å². The van der Waals surface area contributed by atoms with Crippen LogP contribution in [0.1, 0.15) is 53.2 Å². The molecule has 110 valence electrons. The van der Waals surface area contributed by atoms with Crippen LogP contribution in [0.4, 0.5) is 0 Å². The van der Waals surface area contributed by atoms with E-state index in [1.165, 1.54) is 34.6 Å². The van der Waals surface area contributed by atoms with Gasteiger partial charge in [0.15, 0.2) is 0 Å². The first-order valence-corrected chi connectivity index (χ1v) is 7.99. The van der Waals surface area contributed by atoms with E-state index in [1.807, 2.05) is 19.9 Å². The molecule has 1 aliphatic carbocycles. The third-order valence-corrected chi connectivity index (χ3v) is 5.22. The molecule has 1 heterocycles. The Morgan fingerprint density at radius 2 is 2.10 bits per heavy atom. The van der Waals surface area contributed by atoms with Crippen molar-refractivity contribution in [1.29, 1.82) is 0 Å². The molecule has 0 spiro atoms. The number of carbonyl (C=O) groups excluding carboxylic acids is 1. The number of thiophene rings is 1. The monoisotopic (exact) mass is 295 g/mol. The smallest absolute Gasteiger partial charge is 0.326 e. The fourth-order valence-electron chi connectivity index (χ4n) is 2.50. The molecular formula is C15H21NO3S. The summed E-state index contributed by atoms with van der Waals surface area (Å²) in [4.78, 5) is 25.4. The van der Waals surface area contributed by atoms with E-state index in [2.05, 4.69) is 5.32 Å².